The van der Waals surface area contributed by atoms with E-state index in [-0.39, 0.29) is 63.9 Å². The highest BCUT2D eigenvalue weighted by Gasteiger charge is 2.37. The van der Waals surface area contributed by atoms with Gasteiger partial charge in [-0.1, -0.05) is 42.0 Å². The molecule has 0 aromatic heterocycles. The van der Waals surface area contributed by atoms with Crippen LogP contribution in [0.25, 0.3) is 5.76 Å². The Bertz CT molecular complexity index is 2070. The lowest BCUT2D eigenvalue weighted by molar-refractivity contribution is -0.112. The van der Waals surface area contributed by atoms with E-state index in [0.717, 1.165) is 23.8 Å². The molecule has 0 spiro atoms. The van der Waals surface area contributed by atoms with Gasteiger partial charge in [0.05, 0.1) is 5.56 Å². The Hall–Kier alpha value is -6.63. The summed E-state index contributed by atoms with van der Waals surface area (Å²) >= 11 is 0. The molecule has 2 atom stereocenters. The van der Waals surface area contributed by atoms with Crippen LogP contribution in [0.1, 0.15) is 63.8 Å². The monoisotopic (exact) mass is 684 g/mol. The number of carbonyl (C=O) groups excluding carboxylic acids is 3. The zero-order valence-electron chi connectivity index (χ0n) is 26.6. The third-order valence-corrected chi connectivity index (χ3v) is 7.97. The Kier molecular flexibility index (Phi) is 9.61. The number of carbonyl (C=O) groups is 3. The maximum atomic E-state index is 12.7. The van der Waals surface area contributed by atoms with E-state index in [1.165, 1.54) is 24.3 Å². The predicted molar refractivity (Wildman–Crippen MR) is 177 cm³/mol. The number of hydrogen-bond donors (Lipinski definition) is 8. The van der Waals surface area contributed by atoms with Crippen molar-refractivity contribution in [3.63, 3.8) is 0 Å². The number of phenolic OH excluding ortho intramolecular Hbond substituents is 7. The smallest absolute Gasteiger partial charge is 0.338 e. The van der Waals surface area contributed by atoms with Crippen LogP contribution < -0.4 is 4.74 Å². The van der Waals surface area contributed by atoms with E-state index in [4.69, 9.17) is 9.47 Å². The molecule has 13 nitrogen and oxygen atoms in total. The molecular formula is C37H32O13. The van der Waals surface area contributed by atoms with Crippen molar-refractivity contribution in [2.24, 2.45) is 0 Å². The summed E-state index contributed by atoms with van der Waals surface area (Å²) in [4.78, 5) is 36.5. The molecule has 0 bridgehead atoms. The quantitative estimate of drug-likeness (QED) is 0.0554. The van der Waals surface area contributed by atoms with Crippen LogP contribution in [0.3, 0.4) is 0 Å². The summed E-state index contributed by atoms with van der Waals surface area (Å²) in [7, 11) is 0. The van der Waals surface area contributed by atoms with Gasteiger partial charge in [0.15, 0.2) is 34.9 Å². The standard InChI is InChI=1S/C22H18O10.C15H14O3/c23-11-6-14(25)12-8-19(32-22(30)10-4-16(27)20(29)17(28)5-10)21(31-18(12)7-11)9-1-2-13(24)15(26)3-9;1-9(2)7-8-12-13(16)10-5-3-4-6-11(10)14(17)15(12)18/h1-7,19,21,23-29H,8H2;3-7,16H,8H2,1-2H3. The first-order valence-corrected chi connectivity index (χ1v) is 15.1. The minimum absolute atomic E-state index is 0.0461. The number of Topliss-reactive ketones (excluding diaryl/α,β-unsaturated/α-hetero) is 2. The normalized spacial score (nSPS) is 16.3. The van der Waals surface area contributed by atoms with Gasteiger partial charge in [-0.3, -0.25) is 9.59 Å². The number of aliphatic hydroxyl groups excluding tert-OH is 1. The van der Waals surface area contributed by atoms with Crippen molar-refractivity contribution in [2.45, 2.75) is 38.9 Å². The van der Waals surface area contributed by atoms with Crippen molar-refractivity contribution >= 4 is 23.3 Å². The second-order valence-corrected chi connectivity index (χ2v) is 11.8. The van der Waals surface area contributed by atoms with Crippen LogP contribution in [-0.2, 0) is 16.0 Å². The molecule has 1 aliphatic carbocycles. The molecule has 1 heterocycles. The summed E-state index contributed by atoms with van der Waals surface area (Å²) in [5.74, 6) is -5.66. The first-order valence-electron chi connectivity index (χ1n) is 15.1. The van der Waals surface area contributed by atoms with Crippen LogP contribution >= 0.6 is 0 Å². The van der Waals surface area contributed by atoms with Gasteiger partial charge in [-0.05, 0) is 44.5 Å². The second-order valence-electron chi connectivity index (χ2n) is 11.8. The lowest BCUT2D eigenvalue weighted by Gasteiger charge is -2.34. The SMILES string of the molecule is CC(C)=CCC1=C(O)c2ccccc2C(=O)C1=O.O=C(OC1Cc2c(O)cc(O)cc2OC1c1ccc(O)c(O)c1)c1cc(O)c(O)c(O)c1. The fourth-order valence-corrected chi connectivity index (χ4v) is 5.39. The molecule has 1 aliphatic heterocycles. The molecule has 258 valence electrons. The molecule has 0 amide bonds. The molecule has 0 saturated carbocycles. The molecule has 0 radical (unpaired) electrons. The maximum Gasteiger partial charge on any atom is 0.338 e. The van der Waals surface area contributed by atoms with Gasteiger partial charge in [-0.2, -0.15) is 0 Å². The van der Waals surface area contributed by atoms with E-state index in [9.17, 15) is 55.2 Å². The van der Waals surface area contributed by atoms with Crippen molar-refractivity contribution < 1.29 is 64.7 Å². The number of benzene rings is 4. The van der Waals surface area contributed by atoms with Crippen molar-refractivity contribution in [3.8, 4) is 46.0 Å². The molecule has 4 aromatic carbocycles. The van der Waals surface area contributed by atoms with E-state index in [2.05, 4.69) is 0 Å². The molecule has 50 heavy (non-hydrogen) atoms. The number of fused-ring (bicyclic) bond motifs is 2. The number of aliphatic hydroxyl groups is 1. The number of allylic oxidation sites excluding steroid dienone is 3. The number of phenols is 7. The third kappa shape index (κ3) is 6.97. The minimum atomic E-state index is -1.06. The summed E-state index contributed by atoms with van der Waals surface area (Å²) in [5, 5.41) is 78.3. The number of rotatable bonds is 5. The van der Waals surface area contributed by atoms with Crippen LogP contribution in [-0.4, -0.2) is 64.5 Å². The van der Waals surface area contributed by atoms with Crippen molar-refractivity contribution in [3.05, 3.63) is 112 Å². The zero-order valence-corrected chi connectivity index (χ0v) is 26.6. The average Bonchev–Trinajstić information content (AvgIpc) is 3.07. The van der Waals surface area contributed by atoms with Gasteiger partial charge in [0.2, 0.25) is 11.6 Å². The van der Waals surface area contributed by atoms with Crippen molar-refractivity contribution in [1.82, 2.24) is 0 Å². The lowest BCUT2D eigenvalue weighted by Crippen LogP contribution is -2.34. The van der Waals surface area contributed by atoms with Gasteiger partial charge >= 0.3 is 5.97 Å². The largest absolute Gasteiger partial charge is 0.508 e. The lowest BCUT2D eigenvalue weighted by atomic mass is 9.87. The minimum Gasteiger partial charge on any atom is -0.508 e. The van der Waals surface area contributed by atoms with E-state index in [1.807, 2.05) is 19.9 Å². The van der Waals surface area contributed by atoms with E-state index < -0.39 is 52.7 Å². The van der Waals surface area contributed by atoms with Crippen LogP contribution in [0.2, 0.25) is 0 Å². The highest BCUT2D eigenvalue weighted by Crippen LogP contribution is 2.44. The third-order valence-electron chi connectivity index (χ3n) is 7.97. The first-order chi connectivity index (χ1) is 23.7. The van der Waals surface area contributed by atoms with Gasteiger partial charge in [0.25, 0.3) is 0 Å². The number of ketones is 2. The zero-order chi connectivity index (χ0) is 36.4. The van der Waals surface area contributed by atoms with Crippen LogP contribution in [0.4, 0.5) is 0 Å². The Balaban J connectivity index is 0.000000228. The summed E-state index contributed by atoms with van der Waals surface area (Å²) < 4.78 is 11.4. The number of hydrogen-bond acceptors (Lipinski definition) is 13. The first kappa shape index (κ1) is 34.7. The summed E-state index contributed by atoms with van der Waals surface area (Å²) in [6.07, 6.45) is -0.0151. The average molecular weight is 685 g/mol. The van der Waals surface area contributed by atoms with Crippen LogP contribution in [0.5, 0.6) is 46.0 Å². The number of ether oxygens (including phenoxy) is 2. The predicted octanol–water partition coefficient (Wildman–Crippen LogP) is 5.61. The Morgan fingerprint density at radius 2 is 1.44 bits per heavy atom. The number of esters is 1. The van der Waals surface area contributed by atoms with Crippen molar-refractivity contribution in [2.75, 3.05) is 0 Å². The van der Waals surface area contributed by atoms with Gasteiger partial charge in [0.1, 0.15) is 29.1 Å². The molecule has 4 aromatic rings. The topological polar surface area (TPSA) is 232 Å². The van der Waals surface area contributed by atoms with E-state index in [1.54, 1.807) is 24.3 Å². The van der Waals surface area contributed by atoms with Gasteiger partial charge in [-0.15, -0.1) is 0 Å². The Labute approximate surface area is 284 Å². The van der Waals surface area contributed by atoms with Crippen LogP contribution in [0, 0.1) is 0 Å². The molecule has 13 heteroatoms. The summed E-state index contributed by atoms with van der Waals surface area (Å²) in [6.45, 7) is 3.81. The van der Waals surface area contributed by atoms with E-state index in [0.29, 0.717) is 11.1 Å². The second kappa shape index (κ2) is 13.8. The maximum absolute atomic E-state index is 12.7. The molecule has 6 rings (SSSR count). The molecule has 0 fully saturated rings. The molecule has 2 unspecified atom stereocenters. The fraction of sp³-hybridized carbons (Fsp3) is 0.162. The molecule has 8 N–H and O–H groups in total. The fourth-order valence-electron chi connectivity index (χ4n) is 5.39. The summed E-state index contributed by atoms with van der Waals surface area (Å²) in [5.41, 5.74) is 2.26. The molecular weight excluding hydrogens is 652 g/mol. The highest BCUT2D eigenvalue weighted by molar-refractivity contribution is 6.52. The Morgan fingerprint density at radius 1 is 0.780 bits per heavy atom. The Morgan fingerprint density at radius 3 is 2.08 bits per heavy atom. The highest BCUT2D eigenvalue weighted by atomic mass is 16.6. The van der Waals surface area contributed by atoms with Gasteiger partial charge in [-0.25, -0.2) is 4.79 Å². The van der Waals surface area contributed by atoms with E-state index >= 15 is 0 Å². The number of aromatic hydroxyl groups is 7. The van der Waals surface area contributed by atoms with Crippen molar-refractivity contribution in [1.29, 1.82) is 0 Å². The van der Waals surface area contributed by atoms with Gasteiger partial charge < -0.3 is 50.3 Å². The van der Waals surface area contributed by atoms with Gasteiger partial charge in [0, 0.05) is 46.4 Å². The molecule has 0 saturated heterocycles. The molecule has 2 aliphatic rings. The van der Waals surface area contributed by atoms with Crippen LogP contribution in [0.15, 0.2) is 84.0 Å². The summed E-state index contributed by atoms with van der Waals surface area (Å²) in [6, 6.07) is 14.7.